The molecule has 0 radical (unpaired) electrons. The van der Waals surface area contributed by atoms with Crippen molar-refractivity contribution in [3.8, 4) is 11.1 Å². The SMILES string of the molecule is CC(C)=C(C1C=CC(CCN(C)C)=C1)C(C)c1cccc2c1Cc1ccccc1-2. The van der Waals surface area contributed by atoms with Crippen molar-refractivity contribution in [1.29, 1.82) is 0 Å². The van der Waals surface area contributed by atoms with Gasteiger partial charge in [0.05, 0.1) is 0 Å². The first-order valence-electron chi connectivity index (χ1n) is 10.9. The van der Waals surface area contributed by atoms with Gasteiger partial charge in [0.1, 0.15) is 0 Å². The Morgan fingerprint density at radius 2 is 1.79 bits per heavy atom. The quantitative estimate of drug-likeness (QED) is 0.425. The molecule has 0 saturated carbocycles. The zero-order valence-corrected chi connectivity index (χ0v) is 18.5. The van der Waals surface area contributed by atoms with E-state index < -0.39 is 0 Å². The summed E-state index contributed by atoms with van der Waals surface area (Å²) in [5.41, 5.74) is 11.8. The molecular weight excluding hydrogens is 350 g/mol. The highest BCUT2D eigenvalue weighted by molar-refractivity contribution is 5.78. The molecular formula is C28H33N. The summed E-state index contributed by atoms with van der Waals surface area (Å²) in [6, 6.07) is 15.8. The Bertz CT molecular complexity index is 999. The predicted molar refractivity (Wildman–Crippen MR) is 125 cm³/mol. The van der Waals surface area contributed by atoms with Gasteiger partial charge in [0.25, 0.3) is 0 Å². The lowest BCUT2D eigenvalue weighted by Gasteiger charge is -2.24. The van der Waals surface area contributed by atoms with Gasteiger partial charge in [-0.05, 0) is 68.6 Å². The Morgan fingerprint density at radius 3 is 2.55 bits per heavy atom. The smallest absolute Gasteiger partial charge is 0.0174 e. The maximum absolute atomic E-state index is 2.49. The lowest BCUT2D eigenvalue weighted by atomic mass is 9.80. The van der Waals surface area contributed by atoms with Crippen molar-refractivity contribution >= 4 is 0 Å². The molecule has 150 valence electrons. The van der Waals surface area contributed by atoms with Gasteiger partial charge in [0.15, 0.2) is 0 Å². The van der Waals surface area contributed by atoms with Crippen molar-refractivity contribution in [3.63, 3.8) is 0 Å². The third-order valence-electron chi connectivity index (χ3n) is 6.52. The summed E-state index contributed by atoms with van der Waals surface area (Å²) in [5, 5.41) is 0. The van der Waals surface area contributed by atoms with Crippen LogP contribution in [0.3, 0.4) is 0 Å². The monoisotopic (exact) mass is 383 g/mol. The number of allylic oxidation sites excluding steroid dienone is 5. The molecule has 4 rings (SSSR count). The Labute approximate surface area is 176 Å². The van der Waals surface area contributed by atoms with Crippen LogP contribution in [0.2, 0.25) is 0 Å². The van der Waals surface area contributed by atoms with Crippen molar-refractivity contribution in [3.05, 3.63) is 94.1 Å². The summed E-state index contributed by atoms with van der Waals surface area (Å²) < 4.78 is 0. The van der Waals surface area contributed by atoms with Gasteiger partial charge in [-0.3, -0.25) is 0 Å². The van der Waals surface area contributed by atoms with E-state index in [-0.39, 0.29) is 0 Å². The summed E-state index contributed by atoms with van der Waals surface area (Å²) in [6.07, 6.45) is 9.42. The Kier molecular flexibility index (Phi) is 5.61. The number of hydrogen-bond acceptors (Lipinski definition) is 1. The van der Waals surface area contributed by atoms with E-state index in [9.17, 15) is 0 Å². The average Bonchev–Trinajstić information content (AvgIpc) is 3.30. The zero-order valence-electron chi connectivity index (χ0n) is 18.5. The molecule has 0 saturated heterocycles. The molecule has 29 heavy (non-hydrogen) atoms. The minimum atomic E-state index is 0.420. The molecule has 2 aromatic rings. The minimum Gasteiger partial charge on any atom is -0.309 e. The summed E-state index contributed by atoms with van der Waals surface area (Å²) in [4.78, 5) is 2.26. The van der Waals surface area contributed by atoms with Crippen molar-refractivity contribution in [2.75, 3.05) is 20.6 Å². The van der Waals surface area contributed by atoms with Gasteiger partial charge >= 0.3 is 0 Å². The normalized spacial score (nSPS) is 17.9. The van der Waals surface area contributed by atoms with Crippen LogP contribution in [-0.2, 0) is 6.42 Å². The predicted octanol–water partition coefficient (Wildman–Crippen LogP) is 6.76. The van der Waals surface area contributed by atoms with Crippen LogP contribution in [0.15, 0.2) is 77.4 Å². The molecule has 1 heteroatoms. The van der Waals surface area contributed by atoms with Crippen molar-refractivity contribution in [1.82, 2.24) is 4.90 Å². The fraction of sp³-hybridized carbons (Fsp3) is 0.357. The average molecular weight is 384 g/mol. The van der Waals surface area contributed by atoms with Crippen molar-refractivity contribution in [2.45, 2.75) is 39.5 Å². The number of fused-ring (bicyclic) bond motifs is 3. The second-order valence-electron chi connectivity index (χ2n) is 9.06. The van der Waals surface area contributed by atoms with E-state index in [1.165, 1.54) is 39.0 Å². The molecule has 0 amide bonds. The molecule has 2 aliphatic carbocycles. The highest BCUT2D eigenvalue weighted by atomic mass is 15.0. The van der Waals surface area contributed by atoms with Gasteiger partial charge in [-0.1, -0.05) is 84.3 Å². The maximum atomic E-state index is 2.49. The highest BCUT2D eigenvalue weighted by Crippen LogP contribution is 2.44. The fourth-order valence-corrected chi connectivity index (χ4v) is 5.09. The standard InChI is InChI=1S/C28H33N/c1-19(2)28(23-14-13-21(17-23)15-16-29(4)5)20(3)24-11-8-12-26-25-10-7-6-9-22(25)18-27(24)26/h6-14,17,20,23H,15-16,18H2,1-5H3. The lowest BCUT2D eigenvalue weighted by molar-refractivity contribution is 0.414. The number of hydrogen-bond donors (Lipinski definition) is 0. The Hall–Kier alpha value is -2.38. The van der Waals surface area contributed by atoms with E-state index in [1.54, 1.807) is 5.57 Å². The molecule has 0 aliphatic heterocycles. The van der Waals surface area contributed by atoms with Gasteiger partial charge in [0.2, 0.25) is 0 Å². The van der Waals surface area contributed by atoms with Crippen LogP contribution in [0.1, 0.15) is 49.8 Å². The zero-order chi connectivity index (χ0) is 20.5. The van der Waals surface area contributed by atoms with Crippen molar-refractivity contribution < 1.29 is 0 Å². The molecule has 0 heterocycles. The third kappa shape index (κ3) is 3.89. The molecule has 0 aromatic heterocycles. The molecule has 1 nitrogen and oxygen atoms in total. The van der Waals surface area contributed by atoms with Crippen LogP contribution < -0.4 is 0 Å². The molecule has 0 N–H and O–H groups in total. The molecule has 2 aromatic carbocycles. The molecule has 2 atom stereocenters. The number of rotatable bonds is 6. The first-order valence-corrected chi connectivity index (χ1v) is 10.9. The van der Waals surface area contributed by atoms with Crippen molar-refractivity contribution in [2.24, 2.45) is 5.92 Å². The first-order chi connectivity index (χ1) is 14.0. The minimum absolute atomic E-state index is 0.420. The number of nitrogens with zero attached hydrogens (tertiary/aromatic N) is 1. The van der Waals surface area contributed by atoms with E-state index >= 15 is 0 Å². The summed E-state index contributed by atoms with van der Waals surface area (Å²) in [5.74, 6) is 0.843. The van der Waals surface area contributed by atoms with Gasteiger partial charge in [0, 0.05) is 18.4 Å². The molecule has 0 spiro atoms. The van der Waals surface area contributed by atoms with Crippen LogP contribution in [0.5, 0.6) is 0 Å². The molecule has 0 fully saturated rings. The van der Waals surface area contributed by atoms with Crippen LogP contribution in [-0.4, -0.2) is 25.5 Å². The van der Waals surface area contributed by atoms with E-state index in [1.807, 2.05) is 0 Å². The summed E-state index contributed by atoms with van der Waals surface area (Å²) in [7, 11) is 4.29. The maximum Gasteiger partial charge on any atom is 0.0174 e. The van der Waals surface area contributed by atoms with Crippen LogP contribution in [0.4, 0.5) is 0 Å². The Balaban J connectivity index is 1.65. The van der Waals surface area contributed by atoms with Crippen LogP contribution in [0, 0.1) is 5.92 Å². The lowest BCUT2D eigenvalue weighted by Crippen LogP contribution is -2.13. The largest absolute Gasteiger partial charge is 0.309 e. The fourth-order valence-electron chi connectivity index (χ4n) is 5.09. The summed E-state index contributed by atoms with van der Waals surface area (Å²) in [6.45, 7) is 8.07. The van der Waals surface area contributed by atoms with E-state index in [4.69, 9.17) is 0 Å². The van der Waals surface area contributed by atoms with Crippen LogP contribution >= 0.6 is 0 Å². The first kappa shape index (κ1) is 19.9. The Morgan fingerprint density at radius 1 is 1.03 bits per heavy atom. The van der Waals surface area contributed by atoms with E-state index in [0.717, 1.165) is 19.4 Å². The highest BCUT2D eigenvalue weighted by Gasteiger charge is 2.27. The van der Waals surface area contributed by atoms with Gasteiger partial charge in [-0.2, -0.15) is 0 Å². The molecule has 0 bridgehead atoms. The third-order valence-corrected chi connectivity index (χ3v) is 6.52. The van der Waals surface area contributed by atoms with Crippen LogP contribution in [0.25, 0.3) is 11.1 Å². The molecule has 2 aliphatic rings. The van der Waals surface area contributed by atoms with Gasteiger partial charge in [-0.15, -0.1) is 0 Å². The second-order valence-corrected chi connectivity index (χ2v) is 9.06. The van der Waals surface area contributed by atoms with Gasteiger partial charge < -0.3 is 4.90 Å². The topological polar surface area (TPSA) is 3.24 Å². The van der Waals surface area contributed by atoms with E-state index in [2.05, 4.69) is 100 Å². The summed E-state index contributed by atoms with van der Waals surface area (Å²) >= 11 is 0. The van der Waals surface area contributed by atoms with E-state index in [0.29, 0.717) is 11.8 Å². The molecule has 2 unspecified atom stereocenters. The number of benzene rings is 2. The van der Waals surface area contributed by atoms with Gasteiger partial charge in [-0.25, -0.2) is 0 Å². The second kappa shape index (κ2) is 8.16.